The summed E-state index contributed by atoms with van der Waals surface area (Å²) in [5.74, 6) is 1.75. The molecule has 4 heterocycles. The van der Waals surface area contributed by atoms with Gasteiger partial charge in [-0.3, -0.25) is 0 Å². The Hall–Kier alpha value is -0.980. The van der Waals surface area contributed by atoms with Crippen molar-refractivity contribution in [3.8, 4) is 0 Å². The van der Waals surface area contributed by atoms with Crippen molar-refractivity contribution in [3.05, 3.63) is 11.1 Å². The molecule has 362 valence electrons. The summed E-state index contributed by atoms with van der Waals surface area (Å²) in [6.45, 7) is 7.77. The van der Waals surface area contributed by atoms with Crippen molar-refractivity contribution in [1.29, 1.82) is 0 Å². The third-order valence-corrected chi connectivity index (χ3v) is 17.2. The molecule has 0 bridgehead atoms. The van der Waals surface area contributed by atoms with Crippen LogP contribution >= 0.6 is 0 Å². The average Bonchev–Trinajstić information content (AvgIpc) is 3.76. The van der Waals surface area contributed by atoms with Gasteiger partial charge in [-0.15, -0.1) is 0 Å². The third kappa shape index (κ3) is 8.73. The molecule has 0 radical (unpaired) electrons. The van der Waals surface area contributed by atoms with Gasteiger partial charge in [-0.1, -0.05) is 31.9 Å². The lowest BCUT2D eigenvalue weighted by Crippen LogP contribution is -2.65. The van der Waals surface area contributed by atoms with Crippen LogP contribution in [0, 0.1) is 40.4 Å². The van der Waals surface area contributed by atoms with Gasteiger partial charge in [-0.25, -0.2) is 0 Å². The van der Waals surface area contributed by atoms with E-state index in [1.54, 1.807) is 0 Å². The molecule has 4 saturated heterocycles. The first kappa shape index (κ1) is 48.5. The maximum absolute atomic E-state index is 11.2. The van der Waals surface area contributed by atoms with E-state index < -0.39 is 112 Å². The predicted octanol–water partition coefficient (Wildman–Crippen LogP) is -1.03. The zero-order valence-electron chi connectivity index (χ0n) is 37.0. The van der Waals surface area contributed by atoms with E-state index in [2.05, 4.69) is 27.7 Å². The van der Waals surface area contributed by atoms with E-state index in [1.807, 2.05) is 0 Å². The summed E-state index contributed by atoms with van der Waals surface area (Å²) in [6, 6.07) is 0. The summed E-state index contributed by atoms with van der Waals surface area (Å²) >= 11 is 0. The highest BCUT2D eigenvalue weighted by Crippen LogP contribution is 2.67. The Morgan fingerprint density at radius 3 is 1.89 bits per heavy atom. The summed E-state index contributed by atoms with van der Waals surface area (Å²) in [4.78, 5) is 0. The highest BCUT2D eigenvalue weighted by Gasteiger charge is 2.65. The number of hydrogen-bond acceptors (Lipinski definition) is 18. The lowest BCUT2D eigenvalue weighted by atomic mass is 9.45. The molecule has 4 aliphatic heterocycles. The van der Waals surface area contributed by atoms with E-state index in [1.165, 1.54) is 11.1 Å². The second-order valence-corrected chi connectivity index (χ2v) is 20.9. The van der Waals surface area contributed by atoms with Gasteiger partial charge in [0.2, 0.25) is 0 Å². The van der Waals surface area contributed by atoms with Crippen molar-refractivity contribution in [2.45, 2.75) is 202 Å². The van der Waals surface area contributed by atoms with Crippen molar-refractivity contribution >= 4 is 0 Å². The molecular weight excluding hydrogens is 828 g/mol. The Kier molecular flexibility index (Phi) is 14.8. The van der Waals surface area contributed by atoms with Gasteiger partial charge in [0, 0.05) is 11.3 Å². The quantitative estimate of drug-likeness (QED) is 0.0778. The lowest BCUT2D eigenvalue weighted by molar-refractivity contribution is -0.373. The molecule has 25 atom stereocenters. The SMILES string of the molecule is CC1=C(CCC(C)CO[C@@H]2O[C@H](CO)[C@@H](O)[C@H](O)[C@H]2O)CC2OC3C4CC[C@@H]5C[C@@H](O[C@@H]6O[C@H](CO)[C@@H](O)[C@H](O)[C@H]6O[C@@H]6O[C@H](CO)[C@@H](O)[C@H](O)[C@H]6O)CC[C@]5(C)C4CC[C@]3(C)C12. The van der Waals surface area contributed by atoms with Crippen molar-refractivity contribution in [2.75, 3.05) is 26.4 Å². The molecule has 0 spiro atoms. The monoisotopic (exact) mass is 902 g/mol. The number of aliphatic hydroxyl groups is 11. The molecule has 4 aliphatic carbocycles. The Morgan fingerprint density at radius 2 is 1.24 bits per heavy atom. The van der Waals surface area contributed by atoms with Crippen LogP contribution in [0.25, 0.3) is 0 Å². The topological polar surface area (TPSA) is 287 Å². The number of hydrogen-bond donors (Lipinski definition) is 11. The first-order valence-corrected chi connectivity index (χ1v) is 23.5. The molecule has 8 aliphatic rings. The summed E-state index contributed by atoms with van der Waals surface area (Å²) in [5.41, 5.74) is 2.97. The van der Waals surface area contributed by atoms with Crippen LogP contribution in [-0.4, -0.2) is 193 Å². The summed E-state index contributed by atoms with van der Waals surface area (Å²) in [6.07, 6.45) is -12.1. The molecular formula is C45H74O18. The van der Waals surface area contributed by atoms with Crippen molar-refractivity contribution in [3.63, 3.8) is 0 Å². The fourth-order valence-electron chi connectivity index (χ4n) is 13.5. The van der Waals surface area contributed by atoms with Crippen LogP contribution in [0.15, 0.2) is 11.1 Å². The Bertz CT molecular complexity index is 1580. The molecule has 11 N–H and O–H groups in total. The molecule has 0 aromatic heterocycles. The number of aliphatic hydroxyl groups excluding tert-OH is 11. The second-order valence-electron chi connectivity index (χ2n) is 20.9. The Labute approximate surface area is 369 Å². The summed E-state index contributed by atoms with van der Waals surface area (Å²) in [7, 11) is 0. The highest BCUT2D eigenvalue weighted by molar-refractivity contribution is 5.31. The van der Waals surface area contributed by atoms with Crippen molar-refractivity contribution in [2.24, 2.45) is 40.4 Å². The number of fused-ring (bicyclic) bond motifs is 7. The largest absolute Gasteiger partial charge is 0.394 e. The molecule has 7 fully saturated rings. The van der Waals surface area contributed by atoms with E-state index in [9.17, 15) is 56.2 Å². The van der Waals surface area contributed by atoms with Gasteiger partial charge in [0.05, 0.1) is 44.7 Å². The Morgan fingerprint density at radius 1 is 0.651 bits per heavy atom. The van der Waals surface area contributed by atoms with E-state index >= 15 is 0 Å². The van der Waals surface area contributed by atoms with Crippen LogP contribution in [0.3, 0.4) is 0 Å². The minimum absolute atomic E-state index is 0.0297. The zero-order chi connectivity index (χ0) is 45.3. The highest BCUT2D eigenvalue weighted by atomic mass is 16.8. The standard InChI is InChI=1S/C45H74O18/c1-19(18-57-41-37(55)34(52)31(49)27(15-46)60-41)5-6-21-13-26-30(20(21)2)45(4)12-10-25-24(40(45)59-26)8-7-22-14-23(9-11-44(22,25)3)58-43-39(36(54)33(51)29(17-48)62-43)63-42-38(56)35(53)32(50)28(16-47)61-42/h19,22-43,46-56H,5-18H2,1-4H3/t19?,22-,23+,24?,25?,26?,27-,28-,29-,30?,31-,32-,33-,34+,35+,36+,37-,38-,39-,40?,41-,42+,43-,44+,45-/m1/s1. The molecule has 6 unspecified atom stereocenters. The first-order valence-electron chi connectivity index (χ1n) is 23.5. The zero-order valence-corrected chi connectivity index (χ0v) is 37.0. The second kappa shape index (κ2) is 19.2. The molecule has 0 aromatic carbocycles. The minimum Gasteiger partial charge on any atom is -0.394 e. The van der Waals surface area contributed by atoms with Gasteiger partial charge in [-0.2, -0.15) is 0 Å². The third-order valence-electron chi connectivity index (χ3n) is 17.2. The maximum Gasteiger partial charge on any atom is 0.187 e. The van der Waals surface area contributed by atoms with Gasteiger partial charge in [0.25, 0.3) is 0 Å². The fraction of sp³-hybridized carbons (Fsp3) is 0.956. The van der Waals surface area contributed by atoms with E-state index in [0.29, 0.717) is 36.7 Å². The maximum atomic E-state index is 11.2. The van der Waals surface area contributed by atoms with Crippen LogP contribution in [0.4, 0.5) is 0 Å². The predicted molar refractivity (Wildman–Crippen MR) is 218 cm³/mol. The van der Waals surface area contributed by atoms with Gasteiger partial charge in [0.15, 0.2) is 18.9 Å². The van der Waals surface area contributed by atoms with Crippen LogP contribution < -0.4 is 0 Å². The lowest BCUT2D eigenvalue weighted by Gasteiger charge is -2.60. The van der Waals surface area contributed by atoms with Crippen LogP contribution in [0.5, 0.6) is 0 Å². The van der Waals surface area contributed by atoms with Gasteiger partial charge < -0.3 is 89.3 Å². The first-order chi connectivity index (χ1) is 29.9. The van der Waals surface area contributed by atoms with E-state index in [0.717, 1.165) is 57.8 Å². The van der Waals surface area contributed by atoms with Crippen LogP contribution in [0.1, 0.15) is 91.9 Å². The number of rotatable bonds is 13. The van der Waals surface area contributed by atoms with Crippen molar-refractivity contribution in [1.82, 2.24) is 0 Å². The molecule has 3 saturated carbocycles. The van der Waals surface area contributed by atoms with E-state index in [4.69, 9.17) is 33.2 Å². The van der Waals surface area contributed by atoms with E-state index in [-0.39, 0.29) is 35.1 Å². The van der Waals surface area contributed by atoms with Gasteiger partial charge in [-0.05, 0) is 100 Å². The molecule has 63 heavy (non-hydrogen) atoms. The summed E-state index contributed by atoms with van der Waals surface area (Å²) in [5, 5.41) is 113. The summed E-state index contributed by atoms with van der Waals surface area (Å²) < 4.78 is 42.5. The molecule has 0 amide bonds. The fourth-order valence-corrected chi connectivity index (χ4v) is 13.5. The average molecular weight is 903 g/mol. The molecule has 18 nitrogen and oxygen atoms in total. The Balaban J connectivity index is 0.872. The van der Waals surface area contributed by atoms with Gasteiger partial charge in [0.1, 0.15) is 73.2 Å². The normalized spacial score (nSPS) is 52.8. The van der Waals surface area contributed by atoms with Crippen molar-refractivity contribution < 1.29 is 89.3 Å². The van der Waals surface area contributed by atoms with Gasteiger partial charge >= 0.3 is 0 Å². The number of ether oxygens (including phenoxy) is 7. The van der Waals surface area contributed by atoms with Crippen LogP contribution in [0.2, 0.25) is 0 Å². The smallest absolute Gasteiger partial charge is 0.187 e. The van der Waals surface area contributed by atoms with Crippen LogP contribution in [-0.2, 0) is 33.2 Å². The molecule has 0 aromatic rings. The molecule has 18 heteroatoms. The minimum atomic E-state index is -1.74. The molecule has 8 rings (SSSR count).